The van der Waals surface area contributed by atoms with E-state index in [1.54, 1.807) is 12.1 Å². The van der Waals surface area contributed by atoms with E-state index in [0.717, 1.165) is 16.1 Å². The van der Waals surface area contributed by atoms with Gasteiger partial charge in [0.05, 0.1) is 16.3 Å². The van der Waals surface area contributed by atoms with Crippen molar-refractivity contribution in [2.75, 3.05) is 12.8 Å². The molecule has 30 heavy (non-hydrogen) atoms. The molecule has 10 heteroatoms. The number of amides is 1. The number of nitrogens with zero attached hydrogens (tertiary/aromatic N) is 2. The van der Waals surface area contributed by atoms with Gasteiger partial charge in [-0.1, -0.05) is 12.1 Å². The Labute approximate surface area is 172 Å². The Bertz CT molecular complexity index is 1280. The first-order valence-corrected chi connectivity index (χ1v) is 10.5. The molecule has 0 aliphatic rings. The van der Waals surface area contributed by atoms with Crippen LogP contribution in [0, 0.1) is 11.6 Å². The van der Waals surface area contributed by atoms with Crippen molar-refractivity contribution in [3.8, 4) is 0 Å². The van der Waals surface area contributed by atoms with Gasteiger partial charge in [-0.05, 0) is 54.8 Å². The number of imidazole rings is 1. The van der Waals surface area contributed by atoms with Crippen molar-refractivity contribution in [3.05, 3.63) is 65.2 Å². The molecule has 3 aromatic rings. The Hall–Kier alpha value is -3.27. The van der Waals surface area contributed by atoms with Crippen molar-refractivity contribution in [2.24, 2.45) is 0 Å². The van der Waals surface area contributed by atoms with Crippen molar-refractivity contribution in [1.82, 2.24) is 14.3 Å². The molecule has 7 nitrogen and oxygen atoms in total. The Morgan fingerprint density at radius 2 is 1.77 bits per heavy atom. The molecule has 158 valence electrons. The maximum Gasteiger partial charge on any atom is 0.244 e. The molecule has 0 radical (unpaired) electrons. The Morgan fingerprint density at radius 1 is 1.13 bits per heavy atom. The van der Waals surface area contributed by atoms with Crippen LogP contribution in [0.5, 0.6) is 0 Å². The highest BCUT2D eigenvalue weighted by Gasteiger charge is 2.25. The van der Waals surface area contributed by atoms with Crippen LogP contribution >= 0.6 is 0 Å². The predicted octanol–water partition coefficient (Wildman–Crippen LogP) is 2.66. The molecule has 0 saturated heterocycles. The van der Waals surface area contributed by atoms with Crippen LogP contribution in [0.2, 0.25) is 0 Å². The summed E-state index contributed by atoms with van der Waals surface area (Å²) in [6, 6.07) is 7.88. The molecule has 0 atom stereocenters. The third-order valence-electron chi connectivity index (χ3n) is 4.55. The number of nitrogens with two attached hydrogens (primary N) is 1. The summed E-state index contributed by atoms with van der Waals surface area (Å²) < 4.78 is 53.7. The summed E-state index contributed by atoms with van der Waals surface area (Å²) in [4.78, 5) is 16.1. The largest absolute Gasteiger partial charge is 0.368 e. The molecule has 3 rings (SSSR count). The van der Waals surface area contributed by atoms with E-state index < -0.39 is 32.8 Å². The minimum absolute atomic E-state index is 0.194. The number of hydrogen-bond donors (Lipinski definition) is 2. The van der Waals surface area contributed by atoms with Crippen LogP contribution < -0.4 is 11.1 Å². The molecule has 0 fully saturated rings. The van der Waals surface area contributed by atoms with Gasteiger partial charge in [-0.3, -0.25) is 4.79 Å². The Morgan fingerprint density at radius 3 is 2.37 bits per heavy atom. The van der Waals surface area contributed by atoms with Gasteiger partial charge in [0.1, 0.15) is 0 Å². The number of aromatic nitrogens is 2. The van der Waals surface area contributed by atoms with Gasteiger partial charge in [0, 0.05) is 13.1 Å². The lowest BCUT2D eigenvalue weighted by Gasteiger charge is -2.13. The fourth-order valence-electron chi connectivity index (χ4n) is 2.92. The topological polar surface area (TPSA) is 107 Å². The van der Waals surface area contributed by atoms with Gasteiger partial charge in [0.15, 0.2) is 11.6 Å². The van der Waals surface area contributed by atoms with Crippen molar-refractivity contribution in [1.29, 1.82) is 0 Å². The number of carbonyl (C=O) groups excluding carboxylic acids is 1. The molecule has 1 heterocycles. The zero-order chi connectivity index (χ0) is 22.2. The summed E-state index contributed by atoms with van der Waals surface area (Å²) in [5.74, 6) is -2.77. The van der Waals surface area contributed by atoms with Gasteiger partial charge >= 0.3 is 0 Å². The minimum Gasteiger partial charge on any atom is -0.368 e. The number of carbonyl (C=O) groups is 1. The highest BCUT2D eigenvalue weighted by atomic mass is 32.2. The number of halogens is 2. The lowest BCUT2D eigenvalue weighted by Crippen LogP contribution is -2.23. The van der Waals surface area contributed by atoms with Crippen molar-refractivity contribution in [2.45, 2.75) is 19.1 Å². The summed E-state index contributed by atoms with van der Waals surface area (Å²) in [5, 5.41) is 1.68. The first-order valence-electron chi connectivity index (χ1n) is 8.97. The normalized spacial score (nSPS) is 12.5. The van der Waals surface area contributed by atoms with Crippen LogP contribution in [0.25, 0.3) is 16.6 Å². The van der Waals surface area contributed by atoms with Gasteiger partial charge in [-0.2, -0.15) is 0 Å². The molecule has 3 N–H and O–H groups in total. The van der Waals surface area contributed by atoms with Crippen molar-refractivity contribution < 1.29 is 22.0 Å². The maximum atomic E-state index is 13.8. The third kappa shape index (κ3) is 3.78. The molecule has 0 bridgehead atoms. The lowest BCUT2D eigenvalue weighted by molar-refractivity contribution is -0.116. The number of anilines is 1. The molecule has 0 aliphatic heterocycles. The summed E-state index contributed by atoms with van der Waals surface area (Å²) in [6.45, 7) is 3.03. The van der Waals surface area contributed by atoms with E-state index in [4.69, 9.17) is 5.73 Å². The number of nitrogens with one attached hydrogen (secondary N) is 1. The van der Waals surface area contributed by atoms with Crippen LogP contribution in [0.15, 0.2) is 42.5 Å². The number of likely N-dealkylation sites (N-methyl/N-ethyl adjacent to an activating group) is 1. The fraction of sp³-hybridized carbons (Fsp3) is 0.200. The lowest BCUT2D eigenvalue weighted by atomic mass is 9.96. The quantitative estimate of drug-likeness (QED) is 0.601. The van der Waals surface area contributed by atoms with Crippen LogP contribution in [0.4, 0.5) is 14.7 Å². The molecule has 0 saturated carbocycles. The smallest absolute Gasteiger partial charge is 0.244 e. The van der Waals surface area contributed by atoms with Crippen molar-refractivity contribution in [3.63, 3.8) is 0 Å². The Balaban J connectivity index is 2.29. The SMILES string of the molecule is CNC(=O)C=C(c1ccc(F)c(F)c1)c1ccc2nc(N)n(S(=O)(=O)C(C)C)c2c1. The van der Waals surface area contributed by atoms with Gasteiger partial charge in [-0.25, -0.2) is 26.2 Å². The van der Waals surface area contributed by atoms with Gasteiger partial charge in [-0.15, -0.1) is 0 Å². The molecule has 1 amide bonds. The number of nitrogen functional groups attached to an aromatic ring is 1. The van der Waals surface area contributed by atoms with E-state index in [0.29, 0.717) is 11.1 Å². The molecule has 2 aromatic carbocycles. The highest BCUT2D eigenvalue weighted by Crippen LogP contribution is 2.30. The van der Waals surface area contributed by atoms with Crippen molar-refractivity contribution >= 4 is 38.5 Å². The standard InChI is InChI=1S/C20H20F2N4O3S/c1-11(2)30(28,29)26-18-9-13(5-7-17(18)25-20(26)23)14(10-19(27)24-3)12-4-6-15(21)16(22)8-12/h4-11H,1-3H3,(H2,23,25)(H,24,27). The zero-order valence-corrected chi connectivity index (χ0v) is 17.3. The van der Waals surface area contributed by atoms with E-state index in [1.807, 2.05) is 0 Å². The second kappa shape index (κ2) is 7.86. The first kappa shape index (κ1) is 21.4. The highest BCUT2D eigenvalue weighted by molar-refractivity contribution is 7.90. The average Bonchev–Trinajstić information content (AvgIpc) is 3.03. The van der Waals surface area contributed by atoms with Gasteiger partial charge < -0.3 is 11.1 Å². The van der Waals surface area contributed by atoms with Crippen LogP contribution in [0.3, 0.4) is 0 Å². The van der Waals surface area contributed by atoms with Gasteiger partial charge in [0.25, 0.3) is 0 Å². The zero-order valence-electron chi connectivity index (χ0n) is 16.5. The second-order valence-corrected chi connectivity index (χ2v) is 9.17. The van der Waals surface area contributed by atoms with Crippen LogP contribution in [0.1, 0.15) is 25.0 Å². The second-order valence-electron chi connectivity index (χ2n) is 6.83. The Kier molecular flexibility index (Phi) is 5.62. The van der Waals surface area contributed by atoms with E-state index in [1.165, 1.54) is 39.1 Å². The number of rotatable bonds is 5. The van der Waals surface area contributed by atoms with Crippen LogP contribution in [-0.4, -0.2) is 35.6 Å². The predicted molar refractivity (Wildman–Crippen MR) is 111 cm³/mol. The summed E-state index contributed by atoms with van der Waals surface area (Å²) in [5.41, 5.74) is 7.31. The number of hydrogen-bond acceptors (Lipinski definition) is 5. The monoisotopic (exact) mass is 434 g/mol. The summed E-state index contributed by atoms with van der Waals surface area (Å²) >= 11 is 0. The average molecular weight is 434 g/mol. The molecular weight excluding hydrogens is 414 g/mol. The molecule has 0 spiro atoms. The van der Waals surface area contributed by atoms with E-state index in [-0.39, 0.29) is 22.6 Å². The molecule has 0 aliphatic carbocycles. The van der Waals surface area contributed by atoms with E-state index >= 15 is 0 Å². The number of fused-ring (bicyclic) bond motifs is 1. The molecule has 1 aromatic heterocycles. The van der Waals surface area contributed by atoms with Crippen LogP contribution in [-0.2, 0) is 14.8 Å². The maximum absolute atomic E-state index is 13.8. The summed E-state index contributed by atoms with van der Waals surface area (Å²) in [7, 11) is -2.39. The molecule has 0 unspecified atom stereocenters. The first-order chi connectivity index (χ1) is 14.1. The summed E-state index contributed by atoms with van der Waals surface area (Å²) in [6.07, 6.45) is 1.22. The van der Waals surface area contributed by atoms with Gasteiger partial charge in [0.2, 0.25) is 21.9 Å². The number of benzene rings is 2. The minimum atomic E-state index is -3.82. The van der Waals surface area contributed by atoms with E-state index in [2.05, 4.69) is 10.3 Å². The fourth-order valence-corrected chi connectivity index (χ4v) is 4.06. The van der Waals surface area contributed by atoms with E-state index in [9.17, 15) is 22.0 Å². The molecular formula is C20H20F2N4O3S. The third-order valence-corrected chi connectivity index (χ3v) is 6.64.